The van der Waals surface area contributed by atoms with Crippen molar-refractivity contribution < 1.29 is 9.13 Å². The van der Waals surface area contributed by atoms with Gasteiger partial charge in [0.05, 0.1) is 6.10 Å². The Morgan fingerprint density at radius 3 is 2.78 bits per heavy atom. The zero-order valence-corrected chi connectivity index (χ0v) is 11.2. The third-order valence-corrected chi connectivity index (χ3v) is 3.86. The Hall–Kier alpha value is -1.23. The van der Waals surface area contributed by atoms with E-state index in [-0.39, 0.29) is 12.0 Å². The maximum absolute atomic E-state index is 14.8. The van der Waals surface area contributed by atoms with Crippen LogP contribution in [0.25, 0.3) is 0 Å². The van der Waals surface area contributed by atoms with E-state index in [2.05, 4.69) is 4.98 Å². The van der Waals surface area contributed by atoms with E-state index in [1.54, 1.807) is 19.2 Å². The highest BCUT2D eigenvalue weighted by Gasteiger charge is 2.52. The highest BCUT2D eigenvalue weighted by Crippen LogP contribution is 2.45. The zero-order chi connectivity index (χ0) is 13.5. The van der Waals surface area contributed by atoms with Crippen molar-refractivity contribution in [3.05, 3.63) is 28.4 Å². The number of hydrogen-bond donors (Lipinski definition) is 0. The van der Waals surface area contributed by atoms with Crippen LogP contribution in [0.1, 0.15) is 39.1 Å². The van der Waals surface area contributed by atoms with Gasteiger partial charge in [0, 0.05) is 17.8 Å². The average Bonchev–Trinajstić information content (AvgIpc) is 2.52. The van der Waals surface area contributed by atoms with Crippen LogP contribution >= 0.6 is 0 Å². The molecule has 1 aliphatic heterocycles. The van der Waals surface area contributed by atoms with Crippen molar-refractivity contribution in [1.82, 2.24) is 9.55 Å². The number of halogens is 1. The first-order valence-electron chi connectivity index (χ1n) is 6.28. The van der Waals surface area contributed by atoms with Gasteiger partial charge in [-0.2, -0.15) is 4.98 Å². The van der Waals surface area contributed by atoms with Crippen LogP contribution in [-0.4, -0.2) is 21.3 Å². The van der Waals surface area contributed by atoms with Gasteiger partial charge in [0.15, 0.2) is 11.9 Å². The molecule has 2 rings (SSSR count). The van der Waals surface area contributed by atoms with Gasteiger partial charge in [-0.3, -0.25) is 4.57 Å². The lowest BCUT2D eigenvalue weighted by Gasteiger charge is -2.25. The monoisotopic (exact) mass is 254 g/mol. The topological polar surface area (TPSA) is 44.1 Å². The molecule has 4 nitrogen and oxygen atoms in total. The second-order valence-corrected chi connectivity index (χ2v) is 5.13. The molecule has 0 aliphatic carbocycles. The Morgan fingerprint density at radius 1 is 1.61 bits per heavy atom. The highest BCUT2D eigenvalue weighted by molar-refractivity contribution is 5.02. The standard InChI is InChI=1S/C13H19FN2O2/c1-5-10-9(3)13(4,14)11(18-10)16-7-6-8(2)15-12(16)17/h6-7,9-11H,5H2,1-4H3/t9-,10-,11-,13-/m1/s1. The summed E-state index contributed by atoms with van der Waals surface area (Å²) >= 11 is 0. The maximum atomic E-state index is 14.8. The number of ether oxygens (including phenoxy) is 1. The number of nitrogens with zero attached hydrogens (tertiary/aromatic N) is 2. The normalized spacial score (nSPS) is 35.9. The molecule has 2 heterocycles. The summed E-state index contributed by atoms with van der Waals surface area (Å²) in [4.78, 5) is 15.6. The second-order valence-electron chi connectivity index (χ2n) is 5.13. The summed E-state index contributed by atoms with van der Waals surface area (Å²) < 4.78 is 21.7. The van der Waals surface area contributed by atoms with Gasteiger partial charge >= 0.3 is 5.69 Å². The summed E-state index contributed by atoms with van der Waals surface area (Å²) in [7, 11) is 0. The first kappa shape index (κ1) is 13.2. The molecule has 5 heteroatoms. The van der Waals surface area contributed by atoms with Gasteiger partial charge in [-0.05, 0) is 26.3 Å². The molecule has 1 aromatic heterocycles. The van der Waals surface area contributed by atoms with Gasteiger partial charge in [0.25, 0.3) is 0 Å². The molecule has 1 saturated heterocycles. The molecule has 1 aromatic rings. The fourth-order valence-corrected chi connectivity index (χ4v) is 2.47. The first-order valence-corrected chi connectivity index (χ1v) is 6.28. The fourth-order valence-electron chi connectivity index (χ4n) is 2.47. The van der Waals surface area contributed by atoms with E-state index in [9.17, 15) is 9.18 Å². The van der Waals surface area contributed by atoms with Crippen molar-refractivity contribution in [3.8, 4) is 0 Å². The minimum absolute atomic E-state index is 0.168. The van der Waals surface area contributed by atoms with Gasteiger partial charge in [-0.25, -0.2) is 9.18 Å². The van der Waals surface area contributed by atoms with E-state index in [1.807, 2.05) is 13.8 Å². The summed E-state index contributed by atoms with van der Waals surface area (Å²) in [5.74, 6) is -0.249. The first-order chi connectivity index (χ1) is 8.37. The van der Waals surface area contributed by atoms with Crippen LogP contribution in [0.3, 0.4) is 0 Å². The van der Waals surface area contributed by atoms with E-state index < -0.39 is 17.6 Å². The van der Waals surface area contributed by atoms with E-state index in [0.717, 1.165) is 6.42 Å². The molecular weight excluding hydrogens is 235 g/mol. The van der Waals surface area contributed by atoms with Crippen LogP contribution in [0.4, 0.5) is 4.39 Å². The van der Waals surface area contributed by atoms with Crippen molar-refractivity contribution in [2.24, 2.45) is 5.92 Å². The SMILES string of the molecule is CC[C@H]1O[C@@H](n2ccc(C)nc2=O)[C@](C)(F)[C@@H]1C. The minimum Gasteiger partial charge on any atom is -0.351 e. The van der Waals surface area contributed by atoms with E-state index in [0.29, 0.717) is 5.69 Å². The van der Waals surface area contributed by atoms with Crippen molar-refractivity contribution in [3.63, 3.8) is 0 Å². The summed E-state index contributed by atoms with van der Waals surface area (Å²) in [5.41, 5.74) is -1.41. The lowest BCUT2D eigenvalue weighted by atomic mass is 9.88. The molecular formula is C13H19FN2O2. The Bertz CT molecular complexity index is 498. The number of alkyl halides is 1. The van der Waals surface area contributed by atoms with Crippen LogP contribution in [0.2, 0.25) is 0 Å². The van der Waals surface area contributed by atoms with Gasteiger partial charge in [-0.1, -0.05) is 13.8 Å². The minimum atomic E-state index is -1.57. The van der Waals surface area contributed by atoms with E-state index in [4.69, 9.17) is 4.74 Å². The summed E-state index contributed by atoms with van der Waals surface area (Å²) in [5, 5.41) is 0. The molecule has 1 aliphatic rings. The third kappa shape index (κ3) is 1.96. The molecule has 18 heavy (non-hydrogen) atoms. The van der Waals surface area contributed by atoms with Gasteiger partial charge in [0.1, 0.15) is 0 Å². The average molecular weight is 254 g/mol. The predicted octanol–water partition coefficient (Wildman–Crippen LogP) is 2.22. The third-order valence-electron chi connectivity index (χ3n) is 3.86. The van der Waals surface area contributed by atoms with Crippen molar-refractivity contribution in [2.45, 2.75) is 52.1 Å². The maximum Gasteiger partial charge on any atom is 0.349 e. The molecule has 0 N–H and O–H groups in total. The molecule has 4 atom stereocenters. The number of aryl methyl sites for hydroxylation is 1. The Labute approximate surface area is 106 Å². The Balaban J connectivity index is 2.42. The Morgan fingerprint density at radius 2 is 2.28 bits per heavy atom. The van der Waals surface area contributed by atoms with Crippen LogP contribution in [0, 0.1) is 12.8 Å². The van der Waals surface area contributed by atoms with E-state index >= 15 is 0 Å². The predicted molar refractivity (Wildman–Crippen MR) is 66.1 cm³/mol. The number of aromatic nitrogens is 2. The largest absolute Gasteiger partial charge is 0.351 e. The molecule has 0 unspecified atom stereocenters. The molecule has 0 aromatic carbocycles. The van der Waals surface area contributed by atoms with Crippen LogP contribution < -0.4 is 5.69 Å². The lowest BCUT2D eigenvalue weighted by molar-refractivity contribution is -0.0501. The fraction of sp³-hybridized carbons (Fsp3) is 0.692. The van der Waals surface area contributed by atoms with Gasteiger partial charge < -0.3 is 4.74 Å². The van der Waals surface area contributed by atoms with Crippen molar-refractivity contribution >= 4 is 0 Å². The number of rotatable bonds is 2. The molecule has 0 radical (unpaired) electrons. The van der Waals surface area contributed by atoms with Crippen molar-refractivity contribution in [2.75, 3.05) is 0 Å². The summed E-state index contributed by atoms with van der Waals surface area (Å²) in [6.45, 7) is 6.99. The molecule has 0 spiro atoms. The quantitative estimate of drug-likeness (QED) is 0.813. The van der Waals surface area contributed by atoms with Crippen LogP contribution in [0.15, 0.2) is 17.1 Å². The molecule has 1 fully saturated rings. The van der Waals surface area contributed by atoms with Crippen molar-refractivity contribution in [1.29, 1.82) is 0 Å². The Kier molecular flexibility index (Phi) is 3.27. The van der Waals surface area contributed by atoms with E-state index in [1.165, 1.54) is 11.5 Å². The molecule has 100 valence electrons. The zero-order valence-electron chi connectivity index (χ0n) is 11.2. The number of hydrogen-bond acceptors (Lipinski definition) is 3. The molecule has 0 amide bonds. The van der Waals surface area contributed by atoms with Gasteiger partial charge in [-0.15, -0.1) is 0 Å². The summed E-state index contributed by atoms with van der Waals surface area (Å²) in [6.07, 6.45) is 1.22. The van der Waals surface area contributed by atoms with Gasteiger partial charge in [0.2, 0.25) is 0 Å². The van der Waals surface area contributed by atoms with Crippen LogP contribution in [-0.2, 0) is 4.74 Å². The molecule has 0 saturated carbocycles. The highest BCUT2D eigenvalue weighted by atomic mass is 19.1. The van der Waals surface area contributed by atoms with Crippen LogP contribution in [0.5, 0.6) is 0 Å². The smallest absolute Gasteiger partial charge is 0.349 e. The lowest BCUT2D eigenvalue weighted by Crippen LogP contribution is -2.38. The summed E-state index contributed by atoms with van der Waals surface area (Å²) in [6, 6.07) is 1.69. The second kappa shape index (κ2) is 4.46. The molecule has 0 bridgehead atoms.